The normalized spacial score (nSPS) is 23.7. The van der Waals surface area contributed by atoms with Crippen molar-refractivity contribution in [2.24, 2.45) is 0 Å². The molecule has 1 aliphatic heterocycles. The maximum absolute atomic E-state index is 13.2. The topological polar surface area (TPSA) is 41.5 Å². The molecule has 2 unspecified atom stereocenters. The maximum atomic E-state index is 13.2. The molecule has 100 valence electrons. The second kappa shape index (κ2) is 5.34. The summed E-state index contributed by atoms with van der Waals surface area (Å²) in [5.74, 6) is -0.242. The Morgan fingerprint density at radius 1 is 1.56 bits per heavy atom. The highest BCUT2D eigenvalue weighted by Crippen LogP contribution is 2.27. The molecule has 4 heteroatoms. The number of morpholine rings is 1. The fourth-order valence-corrected chi connectivity index (χ4v) is 2.33. The molecule has 0 radical (unpaired) electrons. The van der Waals surface area contributed by atoms with Gasteiger partial charge >= 0.3 is 0 Å². The van der Waals surface area contributed by atoms with Gasteiger partial charge in [-0.15, -0.1) is 0 Å². The zero-order valence-corrected chi connectivity index (χ0v) is 10.9. The lowest BCUT2D eigenvalue weighted by Crippen LogP contribution is -2.45. The highest BCUT2D eigenvalue weighted by Gasteiger charge is 2.28. The molecule has 1 aromatic rings. The Morgan fingerprint density at radius 2 is 2.33 bits per heavy atom. The zero-order valence-electron chi connectivity index (χ0n) is 10.9. The Balaban J connectivity index is 2.10. The molecule has 0 aromatic heterocycles. The molecule has 2 N–H and O–H groups in total. The lowest BCUT2D eigenvalue weighted by Gasteiger charge is -2.32. The van der Waals surface area contributed by atoms with Crippen molar-refractivity contribution >= 4 is 0 Å². The van der Waals surface area contributed by atoms with Crippen LogP contribution in [-0.4, -0.2) is 30.9 Å². The second-order valence-electron chi connectivity index (χ2n) is 5.17. The molecule has 2 atom stereocenters. The van der Waals surface area contributed by atoms with Crippen molar-refractivity contribution in [2.45, 2.75) is 31.9 Å². The third-order valence-corrected chi connectivity index (χ3v) is 3.42. The summed E-state index contributed by atoms with van der Waals surface area (Å²) in [5.41, 5.74) is 0.325. The van der Waals surface area contributed by atoms with E-state index in [0.29, 0.717) is 25.2 Å². The van der Waals surface area contributed by atoms with Gasteiger partial charge < -0.3 is 15.2 Å². The van der Waals surface area contributed by atoms with Gasteiger partial charge in [-0.2, -0.15) is 0 Å². The summed E-state index contributed by atoms with van der Waals surface area (Å²) < 4.78 is 18.6. The summed E-state index contributed by atoms with van der Waals surface area (Å²) in [6.45, 7) is 5.60. The van der Waals surface area contributed by atoms with Crippen LogP contribution in [0.15, 0.2) is 18.2 Å². The van der Waals surface area contributed by atoms with Crippen LogP contribution in [0.1, 0.15) is 24.5 Å². The lowest BCUT2D eigenvalue weighted by atomic mass is 9.88. The number of aliphatic hydroxyl groups is 1. The molecule has 0 saturated carbocycles. The summed E-state index contributed by atoms with van der Waals surface area (Å²) >= 11 is 0. The van der Waals surface area contributed by atoms with Crippen molar-refractivity contribution in [2.75, 3.05) is 19.8 Å². The Labute approximate surface area is 107 Å². The van der Waals surface area contributed by atoms with Crippen LogP contribution in [0, 0.1) is 12.7 Å². The van der Waals surface area contributed by atoms with Gasteiger partial charge in [0.1, 0.15) is 5.82 Å². The van der Waals surface area contributed by atoms with E-state index < -0.39 is 5.60 Å². The van der Waals surface area contributed by atoms with Gasteiger partial charge in [0, 0.05) is 12.6 Å². The molecular formula is C14H20FNO2. The van der Waals surface area contributed by atoms with E-state index in [4.69, 9.17) is 4.74 Å². The monoisotopic (exact) mass is 253 g/mol. The SMILES string of the molecule is Cc1cc(C(C)(O)CC2COCCN2)ccc1F. The number of hydrogen-bond acceptors (Lipinski definition) is 3. The fraction of sp³-hybridized carbons (Fsp3) is 0.571. The number of ether oxygens (including phenoxy) is 1. The molecule has 3 nitrogen and oxygen atoms in total. The highest BCUT2D eigenvalue weighted by atomic mass is 19.1. The van der Waals surface area contributed by atoms with E-state index in [-0.39, 0.29) is 11.9 Å². The number of benzene rings is 1. The van der Waals surface area contributed by atoms with Crippen molar-refractivity contribution in [1.29, 1.82) is 0 Å². The molecule has 2 rings (SSSR count). The van der Waals surface area contributed by atoms with E-state index in [1.54, 1.807) is 26.0 Å². The first-order valence-corrected chi connectivity index (χ1v) is 6.29. The Hall–Kier alpha value is -0.970. The molecule has 1 aliphatic rings. The van der Waals surface area contributed by atoms with Gasteiger partial charge in [0.15, 0.2) is 0 Å². The quantitative estimate of drug-likeness (QED) is 0.862. The van der Waals surface area contributed by atoms with Crippen LogP contribution in [0.25, 0.3) is 0 Å². The van der Waals surface area contributed by atoms with Gasteiger partial charge in [-0.25, -0.2) is 4.39 Å². The van der Waals surface area contributed by atoms with Crippen molar-refractivity contribution in [3.8, 4) is 0 Å². The van der Waals surface area contributed by atoms with Crippen molar-refractivity contribution in [3.05, 3.63) is 35.1 Å². The van der Waals surface area contributed by atoms with E-state index in [0.717, 1.165) is 12.1 Å². The number of rotatable bonds is 3. The number of nitrogens with one attached hydrogen (secondary N) is 1. The Bertz CT molecular complexity index is 414. The second-order valence-corrected chi connectivity index (χ2v) is 5.17. The smallest absolute Gasteiger partial charge is 0.126 e. The first kappa shape index (κ1) is 13.5. The van der Waals surface area contributed by atoms with Crippen LogP contribution in [0.5, 0.6) is 0 Å². The number of halogens is 1. The Kier molecular flexibility index (Phi) is 4.00. The van der Waals surface area contributed by atoms with Crippen molar-refractivity contribution < 1.29 is 14.2 Å². The first-order chi connectivity index (χ1) is 8.49. The van der Waals surface area contributed by atoms with E-state index in [9.17, 15) is 9.50 Å². The zero-order chi connectivity index (χ0) is 13.2. The predicted octanol–water partition coefficient (Wildman–Crippen LogP) is 1.72. The average Bonchev–Trinajstić information content (AvgIpc) is 2.33. The van der Waals surface area contributed by atoms with Crippen molar-refractivity contribution in [1.82, 2.24) is 5.32 Å². The van der Waals surface area contributed by atoms with Gasteiger partial charge in [0.25, 0.3) is 0 Å². The Morgan fingerprint density at radius 3 is 2.94 bits per heavy atom. The van der Waals surface area contributed by atoms with Gasteiger partial charge in [-0.3, -0.25) is 0 Å². The first-order valence-electron chi connectivity index (χ1n) is 6.29. The van der Waals surface area contributed by atoms with E-state index >= 15 is 0 Å². The molecule has 0 amide bonds. The number of aryl methyl sites for hydroxylation is 1. The van der Waals surface area contributed by atoms with Crippen LogP contribution in [0.3, 0.4) is 0 Å². The molecule has 1 heterocycles. The largest absolute Gasteiger partial charge is 0.385 e. The third kappa shape index (κ3) is 3.07. The molecule has 18 heavy (non-hydrogen) atoms. The van der Waals surface area contributed by atoms with Crippen LogP contribution in [0.4, 0.5) is 4.39 Å². The minimum atomic E-state index is -0.975. The summed E-state index contributed by atoms with van der Waals surface area (Å²) in [6.07, 6.45) is 0.554. The summed E-state index contributed by atoms with van der Waals surface area (Å²) in [4.78, 5) is 0. The van der Waals surface area contributed by atoms with Gasteiger partial charge in [-0.1, -0.05) is 12.1 Å². The van der Waals surface area contributed by atoms with E-state index in [1.165, 1.54) is 6.07 Å². The van der Waals surface area contributed by atoms with E-state index in [1.807, 2.05) is 0 Å². The van der Waals surface area contributed by atoms with Crippen LogP contribution in [0.2, 0.25) is 0 Å². The van der Waals surface area contributed by atoms with Crippen LogP contribution < -0.4 is 5.32 Å². The molecule has 1 fully saturated rings. The minimum Gasteiger partial charge on any atom is -0.385 e. The van der Waals surface area contributed by atoms with Gasteiger partial charge in [-0.05, 0) is 37.5 Å². The molecule has 0 aliphatic carbocycles. The highest BCUT2D eigenvalue weighted by molar-refractivity contribution is 5.28. The minimum absolute atomic E-state index is 0.138. The maximum Gasteiger partial charge on any atom is 0.126 e. The summed E-state index contributed by atoms with van der Waals surface area (Å²) in [7, 11) is 0. The molecular weight excluding hydrogens is 233 g/mol. The summed E-state index contributed by atoms with van der Waals surface area (Å²) in [5, 5.41) is 13.8. The fourth-order valence-electron chi connectivity index (χ4n) is 2.33. The van der Waals surface area contributed by atoms with Gasteiger partial charge in [0.05, 0.1) is 18.8 Å². The third-order valence-electron chi connectivity index (χ3n) is 3.42. The number of hydrogen-bond donors (Lipinski definition) is 2. The molecule has 1 saturated heterocycles. The standard InChI is InChI=1S/C14H20FNO2/c1-10-7-11(3-4-13(10)15)14(2,17)8-12-9-18-6-5-16-12/h3-4,7,12,16-17H,5-6,8-9H2,1-2H3. The summed E-state index contributed by atoms with van der Waals surface area (Å²) in [6, 6.07) is 4.90. The predicted molar refractivity (Wildman–Crippen MR) is 67.9 cm³/mol. The molecule has 0 spiro atoms. The lowest BCUT2D eigenvalue weighted by molar-refractivity contribution is 0.00315. The molecule has 1 aromatic carbocycles. The molecule has 0 bridgehead atoms. The van der Waals surface area contributed by atoms with Crippen molar-refractivity contribution in [3.63, 3.8) is 0 Å². The van der Waals surface area contributed by atoms with E-state index in [2.05, 4.69) is 5.32 Å². The average molecular weight is 253 g/mol. The van der Waals surface area contributed by atoms with Crippen LogP contribution >= 0.6 is 0 Å². The van der Waals surface area contributed by atoms with Crippen LogP contribution in [-0.2, 0) is 10.3 Å². The van der Waals surface area contributed by atoms with Gasteiger partial charge in [0.2, 0.25) is 0 Å².